The van der Waals surface area contributed by atoms with Crippen LogP contribution in [0.15, 0.2) is 18.2 Å². The minimum absolute atomic E-state index is 0.0306. The molecule has 4 heteroatoms. The van der Waals surface area contributed by atoms with Crippen molar-refractivity contribution in [3.8, 4) is 5.75 Å². The summed E-state index contributed by atoms with van der Waals surface area (Å²) >= 11 is 0. The van der Waals surface area contributed by atoms with Crippen molar-refractivity contribution in [2.24, 2.45) is 5.73 Å². The topological polar surface area (TPSA) is 47.3 Å². The summed E-state index contributed by atoms with van der Waals surface area (Å²) in [6.45, 7) is 0.604. The van der Waals surface area contributed by atoms with Gasteiger partial charge in [0, 0.05) is 23.8 Å². The maximum Gasteiger partial charge on any atom is 0.165 e. The second-order valence-electron chi connectivity index (χ2n) is 3.96. The molecule has 1 fully saturated rings. The zero-order valence-corrected chi connectivity index (χ0v) is 8.72. The Morgan fingerprint density at radius 2 is 2.27 bits per heavy atom. The van der Waals surface area contributed by atoms with Crippen molar-refractivity contribution < 1.29 is 9.13 Å². The lowest BCUT2D eigenvalue weighted by Gasteiger charge is -2.17. The Morgan fingerprint density at radius 3 is 2.80 bits per heavy atom. The summed E-state index contributed by atoms with van der Waals surface area (Å²) in [5.41, 5.74) is 6.54. The van der Waals surface area contributed by atoms with E-state index in [-0.39, 0.29) is 17.1 Å². The molecule has 0 unspecified atom stereocenters. The molecule has 0 spiro atoms. The Labute approximate surface area is 88.4 Å². The summed E-state index contributed by atoms with van der Waals surface area (Å²) < 4.78 is 18.0. The summed E-state index contributed by atoms with van der Waals surface area (Å²) in [4.78, 5) is 0. The Balaban J connectivity index is 2.15. The number of ether oxygens (including phenoxy) is 1. The number of benzene rings is 1. The van der Waals surface area contributed by atoms with E-state index in [0.717, 1.165) is 18.5 Å². The van der Waals surface area contributed by atoms with Crippen LogP contribution >= 0.6 is 0 Å². The molecule has 1 aliphatic rings. The van der Waals surface area contributed by atoms with Crippen LogP contribution in [0.3, 0.4) is 0 Å². The fourth-order valence-corrected chi connectivity index (χ4v) is 1.57. The van der Waals surface area contributed by atoms with Gasteiger partial charge >= 0.3 is 0 Å². The van der Waals surface area contributed by atoms with E-state index >= 15 is 0 Å². The molecule has 3 N–H and O–H groups in total. The van der Waals surface area contributed by atoms with Crippen LogP contribution in [-0.4, -0.2) is 19.2 Å². The van der Waals surface area contributed by atoms with Gasteiger partial charge in [0.1, 0.15) is 0 Å². The molecule has 0 amide bonds. The van der Waals surface area contributed by atoms with Crippen LogP contribution < -0.4 is 15.8 Å². The first-order valence-electron chi connectivity index (χ1n) is 5.01. The van der Waals surface area contributed by atoms with E-state index in [9.17, 15) is 4.39 Å². The van der Waals surface area contributed by atoms with Crippen LogP contribution in [-0.2, 0) is 0 Å². The highest BCUT2D eigenvalue weighted by Crippen LogP contribution is 2.38. The summed E-state index contributed by atoms with van der Waals surface area (Å²) in [5.74, 6) is -0.0894. The van der Waals surface area contributed by atoms with E-state index in [2.05, 4.69) is 5.32 Å². The van der Waals surface area contributed by atoms with Crippen LogP contribution in [0.1, 0.15) is 12.8 Å². The molecule has 0 bridgehead atoms. The minimum Gasteiger partial charge on any atom is -0.494 e. The van der Waals surface area contributed by atoms with Gasteiger partial charge in [-0.25, -0.2) is 4.39 Å². The average molecular weight is 210 g/mol. The Morgan fingerprint density at radius 1 is 1.53 bits per heavy atom. The number of hydrogen-bond acceptors (Lipinski definition) is 3. The predicted octanol–water partition coefficient (Wildman–Crippen LogP) is 1.74. The highest BCUT2D eigenvalue weighted by molar-refractivity contribution is 5.52. The molecular formula is C11H15FN2O. The molecule has 0 saturated heterocycles. The molecule has 1 aromatic rings. The molecule has 82 valence electrons. The lowest BCUT2D eigenvalue weighted by molar-refractivity contribution is 0.386. The molecule has 0 heterocycles. The summed E-state index contributed by atoms with van der Waals surface area (Å²) in [7, 11) is 1.46. The number of hydrogen-bond donors (Lipinski definition) is 2. The summed E-state index contributed by atoms with van der Waals surface area (Å²) in [6, 6.07) is 4.76. The van der Waals surface area contributed by atoms with Crippen molar-refractivity contribution in [3.05, 3.63) is 24.0 Å². The van der Waals surface area contributed by atoms with Gasteiger partial charge in [-0.3, -0.25) is 0 Å². The number of halogens is 1. The lowest BCUT2D eigenvalue weighted by atomic mass is 10.2. The van der Waals surface area contributed by atoms with Crippen LogP contribution in [0.5, 0.6) is 5.75 Å². The third-order valence-corrected chi connectivity index (χ3v) is 2.80. The van der Waals surface area contributed by atoms with Gasteiger partial charge in [-0.1, -0.05) is 0 Å². The highest BCUT2D eigenvalue weighted by atomic mass is 19.1. The average Bonchev–Trinajstić information content (AvgIpc) is 3.02. The van der Waals surface area contributed by atoms with Gasteiger partial charge in [-0.2, -0.15) is 0 Å². The maximum atomic E-state index is 13.1. The molecule has 0 aliphatic heterocycles. The molecule has 3 nitrogen and oxygen atoms in total. The van der Waals surface area contributed by atoms with Crippen molar-refractivity contribution in [2.75, 3.05) is 19.0 Å². The lowest BCUT2D eigenvalue weighted by Crippen LogP contribution is -2.30. The van der Waals surface area contributed by atoms with E-state index in [1.165, 1.54) is 13.2 Å². The van der Waals surface area contributed by atoms with E-state index in [0.29, 0.717) is 6.54 Å². The second-order valence-corrected chi connectivity index (χ2v) is 3.96. The monoisotopic (exact) mass is 210 g/mol. The number of anilines is 1. The van der Waals surface area contributed by atoms with Crippen molar-refractivity contribution in [1.29, 1.82) is 0 Å². The molecule has 0 aromatic heterocycles. The fourth-order valence-electron chi connectivity index (χ4n) is 1.57. The van der Waals surface area contributed by atoms with Gasteiger partial charge in [0.15, 0.2) is 11.6 Å². The molecular weight excluding hydrogens is 195 g/mol. The Bertz CT molecular complexity index is 364. The van der Waals surface area contributed by atoms with E-state index in [4.69, 9.17) is 10.5 Å². The summed E-state index contributed by atoms with van der Waals surface area (Å²) in [5, 5.41) is 3.31. The third kappa shape index (κ3) is 2.04. The molecule has 1 aliphatic carbocycles. The SMILES string of the molecule is COc1cc(NC2(CN)CC2)ccc1F. The quantitative estimate of drug-likeness (QED) is 0.795. The van der Waals surface area contributed by atoms with Crippen molar-refractivity contribution in [3.63, 3.8) is 0 Å². The van der Waals surface area contributed by atoms with Gasteiger partial charge in [0.05, 0.1) is 7.11 Å². The van der Waals surface area contributed by atoms with Crippen LogP contribution in [0.2, 0.25) is 0 Å². The number of nitrogens with two attached hydrogens (primary N) is 1. The zero-order chi connectivity index (χ0) is 10.9. The first kappa shape index (κ1) is 10.2. The van der Waals surface area contributed by atoms with Crippen molar-refractivity contribution in [2.45, 2.75) is 18.4 Å². The molecule has 1 aromatic carbocycles. The molecule has 2 rings (SSSR count). The van der Waals surface area contributed by atoms with E-state index in [1.54, 1.807) is 12.1 Å². The van der Waals surface area contributed by atoms with Crippen molar-refractivity contribution in [1.82, 2.24) is 0 Å². The molecule has 1 saturated carbocycles. The first-order valence-corrected chi connectivity index (χ1v) is 5.01. The van der Waals surface area contributed by atoms with Gasteiger partial charge in [-0.05, 0) is 25.0 Å². The zero-order valence-electron chi connectivity index (χ0n) is 8.72. The van der Waals surface area contributed by atoms with Crippen LogP contribution in [0, 0.1) is 5.82 Å². The number of nitrogens with one attached hydrogen (secondary N) is 1. The first-order chi connectivity index (χ1) is 7.19. The van der Waals surface area contributed by atoms with Crippen molar-refractivity contribution >= 4 is 5.69 Å². The molecule has 0 radical (unpaired) electrons. The minimum atomic E-state index is -0.347. The number of methoxy groups -OCH3 is 1. The van der Waals surface area contributed by atoms with E-state index in [1.807, 2.05) is 0 Å². The van der Waals surface area contributed by atoms with Gasteiger partial charge in [-0.15, -0.1) is 0 Å². The normalized spacial score (nSPS) is 17.3. The molecule has 0 atom stereocenters. The van der Waals surface area contributed by atoms with E-state index < -0.39 is 0 Å². The van der Waals surface area contributed by atoms with Gasteiger partial charge in [0.2, 0.25) is 0 Å². The second kappa shape index (κ2) is 3.70. The van der Waals surface area contributed by atoms with Gasteiger partial charge in [0.25, 0.3) is 0 Å². The number of rotatable bonds is 4. The molecule has 15 heavy (non-hydrogen) atoms. The summed E-state index contributed by atoms with van der Waals surface area (Å²) in [6.07, 6.45) is 2.15. The Kier molecular flexibility index (Phi) is 2.52. The fraction of sp³-hybridized carbons (Fsp3) is 0.455. The highest BCUT2D eigenvalue weighted by Gasteiger charge is 2.41. The Hall–Kier alpha value is -1.29. The smallest absolute Gasteiger partial charge is 0.165 e. The third-order valence-electron chi connectivity index (χ3n) is 2.80. The van der Waals surface area contributed by atoms with Crippen LogP contribution in [0.4, 0.5) is 10.1 Å². The maximum absolute atomic E-state index is 13.1. The van der Waals surface area contributed by atoms with Crippen LogP contribution in [0.25, 0.3) is 0 Å². The predicted molar refractivity (Wildman–Crippen MR) is 57.6 cm³/mol. The van der Waals surface area contributed by atoms with Gasteiger partial charge < -0.3 is 15.8 Å². The standard InChI is InChI=1S/C11H15FN2O/c1-15-10-6-8(2-3-9(10)12)14-11(7-13)4-5-11/h2-3,6,14H,4-5,7,13H2,1H3. The largest absolute Gasteiger partial charge is 0.494 e.